The van der Waals surface area contributed by atoms with E-state index in [1.807, 2.05) is 0 Å². The lowest BCUT2D eigenvalue weighted by Crippen LogP contribution is -2.24. The molecule has 0 saturated heterocycles. The maximum atomic E-state index is 13.0. The second-order valence-electron chi connectivity index (χ2n) is 2.57. The predicted molar refractivity (Wildman–Crippen MR) is 49.2 cm³/mol. The van der Waals surface area contributed by atoms with Crippen molar-refractivity contribution in [2.75, 3.05) is 0 Å². The first kappa shape index (κ1) is 12.4. The molecule has 1 aromatic rings. The Morgan fingerprint density at radius 2 is 1.67 bits per heavy atom. The Kier molecular flexibility index (Phi) is 3.40. The van der Waals surface area contributed by atoms with Crippen LogP contribution in [0.25, 0.3) is 0 Å². The number of benzene rings is 1. The SMILES string of the molecule is O=C(c1c(F)cc(Br)cc1F)C(F)(F)Cl. The molecular weight excluding hydrogens is 303 g/mol. The number of rotatable bonds is 2. The van der Waals surface area contributed by atoms with E-state index in [1.165, 1.54) is 0 Å². The molecule has 0 saturated carbocycles. The smallest absolute Gasteiger partial charge is 0.286 e. The summed E-state index contributed by atoms with van der Waals surface area (Å²) in [5, 5.41) is -4.32. The molecule has 0 aliphatic carbocycles. The van der Waals surface area contributed by atoms with Gasteiger partial charge in [0, 0.05) is 4.47 Å². The van der Waals surface area contributed by atoms with Crippen molar-refractivity contribution in [3.8, 4) is 0 Å². The number of Topliss-reactive ketones (excluding diaryl/α,β-unsaturated/α-hetero) is 1. The minimum Gasteiger partial charge on any atom is -0.286 e. The van der Waals surface area contributed by atoms with Crippen molar-refractivity contribution in [2.45, 2.75) is 5.38 Å². The summed E-state index contributed by atoms with van der Waals surface area (Å²) >= 11 is 7.11. The quantitative estimate of drug-likeness (QED) is 0.462. The summed E-state index contributed by atoms with van der Waals surface area (Å²) in [5.41, 5.74) is -1.35. The van der Waals surface area contributed by atoms with Gasteiger partial charge in [-0.3, -0.25) is 4.79 Å². The Morgan fingerprint density at radius 1 is 1.27 bits per heavy atom. The summed E-state index contributed by atoms with van der Waals surface area (Å²) in [6, 6.07) is 1.39. The van der Waals surface area contributed by atoms with Crippen LogP contribution in [0.4, 0.5) is 17.6 Å². The van der Waals surface area contributed by atoms with Crippen LogP contribution in [0.5, 0.6) is 0 Å². The number of halogens is 6. The third-order valence-corrected chi connectivity index (χ3v) is 2.12. The Bertz CT molecular complexity index is 393. The van der Waals surface area contributed by atoms with Crippen LogP contribution in [-0.4, -0.2) is 11.2 Å². The summed E-state index contributed by atoms with van der Waals surface area (Å²) in [5.74, 6) is -4.90. The zero-order chi connectivity index (χ0) is 11.8. The molecule has 0 unspecified atom stereocenters. The third-order valence-electron chi connectivity index (χ3n) is 1.49. The van der Waals surface area contributed by atoms with Crippen molar-refractivity contribution in [3.05, 3.63) is 33.8 Å². The van der Waals surface area contributed by atoms with Gasteiger partial charge in [-0.25, -0.2) is 8.78 Å². The number of alkyl halides is 3. The van der Waals surface area contributed by atoms with Crippen LogP contribution < -0.4 is 0 Å². The Labute approximate surface area is 95.2 Å². The zero-order valence-corrected chi connectivity index (χ0v) is 9.17. The van der Waals surface area contributed by atoms with E-state index >= 15 is 0 Å². The van der Waals surface area contributed by atoms with Gasteiger partial charge in [0.15, 0.2) is 0 Å². The topological polar surface area (TPSA) is 17.1 Å². The maximum absolute atomic E-state index is 13.0. The van der Waals surface area contributed by atoms with Crippen molar-refractivity contribution < 1.29 is 22.4 Å². The maximum Gasteiger partial charge on any atom is 0.385 e. The fourth-order valence-corrected chi connectivity index (χ4v) is 1.40. The van der Waals surface area contributed by atoms with Crippen LogP contribution in [0, 0.1) is 11.6 Å². The molecule has 1 nitrogen and oxygen atoms in total. The van der Waals surface area contributed by atoms with Gasteiger partial charge in [0.25, 0.3) is 5.78 Å². The van der Waals surface area contributed by atoms with E-state index in [9.17, 15) is 22.4 Å². The van der Waals surface area contributed by atoms with E-state index in [4.69, 9.17) is 0 Å². The summed E-state index contributed by atoms with van der Waals surface area (Å²) in [6.45, 7) is 0. The van der Waals surface area contributed by atoms with Crippen molar-refractivity contribution in [2.24, 2.45) is 0 Å². The molecule has 0 N–H and O–H groups in total. The van der Waals surface area contributed by atoms with Gasteiger partial charge in [-0.2, -0.15) is 8.78 Å². The molecule has 1 aromatic carbocycles. The lowest BCUT2D eigenvalue weighted by molar-refractivity contribution is 0.0526. The van der Waals surface area contributed by atoms with Crippen LogP contribution in [0.15, 0.2) is 16.6 Å². The van der Waals surface area contributed by atoms with Crippen LogP contribution in [0.2, 0.25) is 0 Å². The van der Waals surface area contributed by atoms with Crippen molar-refractivity contribution in [3.63, 3.8) is 0 Å². The number of ketones is 1. The Morgan fingerprint density at radius 3 is 2.00 bits per heavy atom. The molecule has 1 rings (SSSR count). The third kappa shape index (κ3) is 2.69. The lowest BCUT2D eigenvalue weighted by atomic mass is 10.1. The summed E-state index contributed by atoms with van der Waals surface area (Å²) in [7, 11) is 0. The van der Waals surface area contributed by atoms with Crippen LogP contribution >= 0.6 is 27.5 Å². The minimum atomic E-state index is -4.32. The van der Waals surface area contributed by atoms with Gasteiger partial charge < -0.3 is 0 Å². The molecule has 0 bridgehead atoms. The second kappa shape index (κ2) is 4.09. The van der Waals surface area contributed by atoms with Gasteiger partial charge in [-0.05, 0) is 23.7 Å². The molecule has 0 aromatic heterocycles. The zero-order valence-electron chi connectivity index (χ0n) is 6.83. The summed E-state index contributed by atoms with van der Waals surface area (Å²) in [6.07, 6.45) is 0. The van der Waals surface area contributed by atoms with E-state index in [2.05, 4.69) is 27.5 Å². The highest BCUT2D eigenvalue weighted by Gasteiger charge is 2.40. The van der Waals surface area contributed by atoms with Crippen molar-refractivity contribution in [1.82, 2.24) is 0 Å². The molecule has 0 amide bonds. The fourth-order valence-electron chi connectivity index (χ4n) is 0.901. The minimum absolute atomic E-state index is 0.00746. The van der Waals surface area contributed by atoms with Crippen molar-refractivity contribution >= 4 is 33.3 Å². The highest BCUT2D eigenvalue weighted by atomic mass is 79.9. The highest BCUT2D eigenvalue weighted by Crippen LogP contribution is 2.28. The molecule has 82 valence electrons. The van der Waals surface area contributed by atoms with Gasteiger partial charge in [-0.15, -0.1) is 0 Å². The molecule has 7 heteroatoms. The monoisotopic (exact) mass is 304 g/mol. The number of hydrogen-bond acceptors (Lipinski definition) is 1. The molecule has 0 aliphatic rings. The molecule has 15 heavy (non-hydrogen) atoms. The number of carbonyl (C=O) groups excluding carboxylic acids is 1. The van der Waals surface area contributed by atoms with Crippen LogP contribution in [0.1, 0.15) is 10.4 Å². The predicted octanol–water partition coefficient (Wildman–Crippen LogP) is 3.74. The summed E-state index contributed by atoms with van der Waals surface area (Å²) < 4.78 is 50.7. The average Bonchev–Trinajstić information content (AvgIpc) is 1.99. The van der Waals surface area contributed by atoms with Crippen LogP contribution in [0.3, 0.4) is 0 Å². The van der Waals surface area contributed by atoms with Crippen LogP contribution in [-0.2, 0) is 0 Å². The molecular formula is C8H2BrClF4O. The van der Waals surface area contributed by atoms with Gasteiger partial charge in [0.1, 0.15) is 11.6 Å². The molecule has 0 aliphatic heterocycles. The fraction of sp³-hybridized carbons (Fsp3) is 0.125. The first-order valence-corrected chi connectivity index (χ1v) is 4.66. The van der Waals surface area contributed by atoms with Gasteiger partial charge in [0.2, 0.25) is 0 Å². The largest absolute Gasteiger partial charge is 0.385 e. The average molecular weight is 305 g/mol. The summed E-state index contributed by atoms with van der Waals surface area (Å²) in [4.78, 5) is 10.8. The van der Waals surface area contributed by atoms with E-state index in [-0.39, 0.29) is 4.47 Å². The Hall–Kier alpha value is -0.620. The van der Waals surface area contributed by atoms with E-state index in [1.54, 1.807) is 0 Å². The van der Waals surface area contributed by atoms with Gasteiger partial charge in [0.05, 0.1) is 5.56 Å². The standard InChI is InChI=1S/C8H2BrClF4O/c9-3-1-4(11)6(5(12)2-3)7(15)8(10,13)14/h1-2H. The number of carbonyl (C=O) groups is 1. The first-order chi connectivity index (χ1) is 6.73. The second-order valence-corrected chi connectivity index (χ2v) is 3.96. The van der Waals surface area contributed by atoms with Gasteiger partial charge in [-0.1, -0.05) is 15.9 Å². The molecule has 0 spiro atoms. The molecule has 0 heterocycles. The highest BCUT2D eigenvalue weighted by molar-refractivity contribution is 9.10. The lowest BCUT2D eigenvalue weighted by Gasteiger charge is -2.08. The molecule has 0 radical (unpaired) electrons. The van der Waals surface area contributed by atoms with E-state index < -0.39 is 28.4 Å². The van der Waals surface area contributed by atoms with Gasteiger partial charge >= 0.3 is 5.38 Å². The molecule has 0 atom stereocenters. The van der Waals surface area contributed by atoms with Crippen molar-refractivity contribution in [1.29, 1.82) is 0 Å². The Balaban J connectivity index is 3.33. The first-order valence-electron chi connectivity index (χ1n) is 3.49. The number of hydrogen-bond donors (Lipinski definition) is 0. The normalized spacial score (nSPS) is 11.6. The molecule has 0 fully saturated rings. The van der Waals surface area contributed by atoms with E-state index in [0.29, 0.717) is 12.1 Å². The van der Waals surface area contributed by atoms with E-state index in [0.717, 1.165) is 0 Å².